The summed E-state index contributed by atoms with van der Waals surface area (Å²) < 4.78 is 18.4. The molecule has 2 aromatic rings. The number of nitrogens with two attached hydrogens (primary N) is 1. The first-order valence-corrected chi connectivity index (χ1v) is 8.53. The summed E-state index contributed by atoms with van der Waals surface area (Å²) in [5, 5.41) is 3.16. The summed E-state index contributed by atoms with van der Waals surface area (Å²) in [7, 11) is 1.66. The maximum atomic E-state index is 13.2. The van der Waals surface area contributed by atoms with Gasteiger partial charge in [0.25, 0.3) is 0 Å². The Morgan fingerprint density at radius 2 is 1.88 bits per heavy atom. The molecule has 6 heteroatoms. The molecule has 0 spiro atoms. The number of para-hydroxylation sites is 1. The highest BCUT2D eigenvalue weighted by Crippen LogP contribution is 2.44. The Balaban J connectivity index is 0.00000243. The van der Waals surface area contributed by atoms with E-state index in [1.54, 1.807) is 7.11 Å². The smallest absolute Gasteiger partial charge is 0.193 e. The fraction of sp³-hybridized carbons (Fsp3) is 0.350. The summed E-state index contributed by atoms with van der Waals surface area (Å²) >= 11 is 0. The van der Waals surface area contributed by atoms with E-state index in [2.05, 4.69) is 10.3 Å². The largest absolute Gasteiger partial charge is 0.380 e. The van der Waals surface area contributed by atoms with Gasteiger partial charge in [0.1, 0.15) is 5.82 Å². The highest BCUT2D eigenvalue weighted by atomic mass is 127. The molecule has 0 unspecified atom stereocenters. The first-order valence-electron chi connectivity index (χ1n) is 8.53. The minimum absolute atomic E-state index is 0. The van der Waals surface area contributed by atoms with Crippen molar-refractivity contribution in [2.24, 2.45) is 10.7 Å². The molecule has 0 bridgehead atoms. The van der Waals surface area contributed by atoms with Gasteiger partial charge in [-0.15, -0.1) is 24.0 Å². The number of rotatable bonds is 6. The van der Waals surface area contributed by atoms with Crippen molar-refractivity contribution in [3.05, 3.63) is 65.5 Å². The van der Waals surface area contributed by atoms with Gasteiger partial charge < -0.3 is 15.8 Å². The maximum Gasteiger partial charge on any atom is 0.193 e. The van der Waals surface area contributed by atoms with Crippen LogP contribution in [0.2, 0.25) is 0 Å². The van der Waals surface area contributed by atoms with E-state index in [-0.39, 0.29) is 35.2 Å². The Morgan fingerprint density at radius 1 is 1.19 bits per heavy atom. The molecule has 1 aliphatic carbocycles. The molecule has 0 radical (unpaired) electrons. The van der Waals surface area contributed by atoms with E-state index < -0.39 is 0 Å². The maximum absolute atomic E-state index is 13.2. The molecule has 4 nitrogen and oxygen atoms in total. The molecule has 2 aromatic carbocycles. The number of methoxy groups -OCH3 is 1. The monoisotopic (exact) mass is 469 g/mol. The van der Waals surface area contributed by atoms with E-state index in [1.165, 1.54) is 12.1 Å². The van der Waals surface area contributed by atoms with Gasteiger partial charge >= 0.3 is 0 Å². The Labute approximate surface area is 171 Å². The predicted molar refractivity (Wildman–Crippen MR) is 115 cm³/mol. The SMILES string of the molecule is COCc1ccccc1NC(N)=NCC1(c2ccc(F)cc2)CCC1.I. The molecule has 1 saturated carbocycles. The molecule has 0 aliphatic heterocycles. The first-order chi connectivity index (χ1) is 12.1. The van der Waals surface area contributed by atoms with Gasteiger partial charge in [0.2, 0.25) is 0 Å². The summed E-state index contributed by atoms with van der Waals surface area (Å²) in [5.74, 6) is 0.176. The Kier molecular flexibility index (Phi) is 7.40. The van der Waals surface area contributed by atoms with Gasteiger partial charge in [-0.05, 0) is 36.6 Å². The number of benzene rings is 2. The van der Waals surface area contributed by atoms with Crippen molar-refractivity contribution in [2.45, 2.75) is 31.3 Å². The van der Waals surface area contributed by atoms with Gasteiger partial charge in [0, 0.05) is 23.8 Å². The van der Waals surface area contributed by atoms with E-state index in [0.717, 1.165) is 36.1 Å². The molecule has 3 N–H and O–H groups in total. The van der Waals surface area contributed by atoms with E-state index in [1.807, 2.05) is 36.4 Å². The lowest BCUT2D eigenvalue weighted by Crippen LogP contribution is -2.38. The van der Waals surface area contributed by atoms with Crippen LogP contribution < -0.4 is 11.1 Å². The number of halogens is 2. The second-order valence-electron chi connectivity index (χ2n) is 6.56. The van der Waals surface area contributed by atoms with Crippen LogP contribution in [0.25, 0.3) is 0 Å². The zero-order valence-electron chi connectivity index (χ0n) is 14.9. The van der Waals surface area contributed by atoms with Crippen molar-refractivity contribution in [2.75, 3.05) is 19.0 Å². The van der Waals surface area contributed by atoms with E-state index in [0.29, 0.717) is 19.1 Å². The second-order valence-corrected chi connectivity index (χ2v) is 6.56. The third-order valence-corrected chi connectivity index (χ3v) is 4.90. The number of nitrogens with zero attached hydrogens (tertiary/aromatic N) is 1. The zero-order valence-corrected chi connectivity index (χ0v) is 17.2. The molecule has 0 aromatic heterocycles. The number of hydrogen-bond acceptors (Lipinski definition) is 2. The highest BCUT2D eigenvalue weighted by Gasteiger charge is 2.38. The topological polar surface area (TPSA) is 59.6 Å². The quantitative estimate of drug-likeness (QED) is 0.374. The predicted octanol–water partition coefficient (Wildman–Crippen LogP) is 4.44. The van der Waals surface area contributed by atoms with Crippen molar-refractivity contribution >= 4 is 35.6 Å². The molecular formula is C20H25FIN3O. The average Bonchev–Trinajstić information content (AvgIpc) is 2.57. The molecule has 26 heavy (non-hydrogen) atoms. The average molecular weight is 469 g/mol. The fourth-order valence-electron chi connectivity index (χ4n) is 3.28. The first kappa shape index (κ1) is 20.6. The van der Waals surface area contributed by atoms with Crippen LogP contribution in [0.5, 0.6) is 0 Å². The summed E-state index contributed by atoms with van der Waals surface area (Å²) in [5.41, 5.74) is 9.14. The van der Waals surface area contributed by atoms with Crippen molar-refractivity contribution in [1.29, 1.82) is 0 Å². The van der Waals surface area contributed by atoms with Crippen LogP contribution in [0.4, 0.5) is 10.1 Å². The molecule has 140 valence electrons. The highest BCUT2D eigenvalue weighted by molar-refractivity contribution is 14.0. The summed E-state index contributed by atoms with van der Waals surface area (Å²) in [6.45, 7) is 1.11. The second kappa shape index (κ2) is 9.32. The van der Waals surface area contributed by atoms with Crippen LogP contribution in [0.3, 0.4) is 0 Å². The minimum atomic E-state index is -0.211. The number of aliphatic imine (C=N–C) groups is 1. The number of nitrogens with one attached hydrogen (secondary N) is 1. The summed E-state index contributed by atoms with van der Waals surface area (Å²) in [6, 6.07) is 14.6. The molecule has 0 atom stereocenters. The lowest BCUT2D eigenvalue weighted by molar-refractivity contribution is 0.185. The third-order valence-electron chi connectivity index (χ3n) is 4.90. The molecule has 1 fully saturated rings. The third kappa shape index (κ3) is 4.73. The lowest BCUT2D eigenvalue weighted by Gasteiger charge is -2.41. The lowest BCUT2D eigenvalue weighted by atomic mass is 9.64. The van der Waals surface area contributed by atoms with Gasteiger partial charge in [-0.3, -0.25) is 4.99 Å². The Bertz CT molecular complexity index is 745. The van der Waals surface area contributed by atoms with Crippen LogP contribution in [-0.2, 0) is 16.8 Å². The Hall–Kier alpha value is -1.67. The van der Waals surface area contributed by atoms with E-state index in [9.17, 15) is 4.39 Å². The van der Waals surface area contributed by atoms with Crippen LogP contribution in [0.15, 0.2) is 53.5 Å². The molecule has 3 rings (SSSR count). The molecule has 0 saturated heterocycles. The number of anilines is 1. The van der Waals surface area contributed by atoms with Crippen molar-refractivity contribution in [3.63, 3.8) is 0 Å². The Morgan fingerprint density at radius 3 is 2.50 bits per heavy atom. The van der Waals surface area contributed by atoms with Crippen molar-refractivity contribution in [1.82, 2.24) is 0 Å². The van der Waals surface area contributed by atoms with Crippen LogP contribution in [0.1, 0.15) is 30.4 Å². The molecule has 1 aliphatic rings. The van der Waals surface area contributed by atoms with Gasteiger partial charge in [0.05, 0.1) is 13.2 Å². The van der Waals surface area contributed by atoms with Gasteiger partial charge in [-0.1, -0.05) is 36.8 Å². The molecule has 0 amide bonds. The summed E-state index contributed by atoms with van der Waals surface area (Å²) in [6.07, 6.45) is 3.27. The minimum Gasteiger partial charge on any atom is -0.380 e. The fourth-order valence-corrected chi connectivity index (χ4v) is 3.28. The van der Waals surface area contributed by atoms with Gasteiger partial charge in [0.15, 0.2) is 5.96 Å². The number of guanidine groups is 1. The molecule has 0 heterocycles. The summed E-state index contributed by atoms with van der Waals surface area (Å²) in [4.78, 5) is 4.56. The van der Waals surface area contributed by atoms with Gasteiger partial charge in [-0.2, -0.15) is 0 Å². The van der Waals surface area contributed by atoms with Gasteiger partial charge in [-0.25, -0.2) is 4.39 Å². The van der Waals surface area contributed by atoms with Crippen LogP contribution >= 0.6 is 24.0 Å². The van der Waals surface area contributed by atoms with Crippen molar-refractivity contribution in [3.8, 4) is 0 Å². The van der Waals surface area contributed by atoms with E-state index in [4.69, 9.17) is 10.5 Å². The normalized spacial score (nSPS) is 15.7. The zero-order chi connectivity index (χ0) is 17.7. The van der Waals surface area contributed by atoms with Crippen LogP contribution in [-0.4, -0.2) is 19.6 Å². The van der Waals surface area contributed by atoms with Crippen molar-refractivity contribution < 1.29 is 9.13 Å². The standard InChI is InChI=1S/C20H24FN3O.HI/c1-25-13-15-5-2-3-6-18(15)24-19(22)23-14-20(11-4-12-20)16-7-9-17(21)10-8-16;/h2-3,5-10H,4,11-14H2,1H3,(H3,22,23,24);1H. The number of ether oxygens (including phenoxy) is 1. The van der Waals surface area contributed by atoms with E-state index >= 15 is 0 Å². The van der Waals surface area contributed by atoms with Crippen LogP contribution in [0, 0.1) is 5.82 Å². The molecular weight excluding hydrogens is 444 g/mol. The number of hydrogen-bond donors (Lipinski definition) is 2.